The van der Waals surface area contributed by atoms with E-state index >= 15 is 0 Å². The molecule has 32 heavy (non-hydrogen) atoms. The highest BCUT2D eigenvalue weighted by atomic mass is 16.6. The van der Waals surface area contributed by atoms with Crippen molar-refractivity contribution in [3.05, 3.63) is 63.7 Å². The summed E-state index contributed by atoms with van der Waals surface area (Å²) in [5, 5.41) is 13.1. The van der Waals surface area contributed by atoms with Crippen molar-refractivity contribution in [1.29, 1.82) is 0 Å². The van der Waals surface area contributed by atoms with Gasteiger partial charge in [-0.2, -0.15) is 0 Å². The van der Waals surface area contributed by atoms with Crippen LogP contribution in [0.3, 0.4) is 0 Å². The molecular weight excluding hydrogens is 418 g/mol. The summed E-state index contributed by atoms with van der Waals surface area (Å²) in [6, 6.07) is 9.10. The van der Waals surface area contributed by atoms with Gasteiger partial charge in [-0.15, -0.1) is 0 Å². The first-order valence-corrected chi connectivity index (χ1v) is 9.91. The molecule has 1 heterocycles. The van der Waals surface area contributed by atoms with Gasteiger partial charge in [0.1, 0.15) is 5.57 Å². The number of anilines is 1. The molecule has 3 rings (SSSR count). The summed E-state index contributed by atoms with van der Waals surface area (Å²) in [6.07, 6.45) is 1.99. The number of hydrogen-bond acceptors (Lipinski definition) is 7. The molecule has 0 atom stereocenters. The number of barbiturate groups is 1. The standard InChI is InChI=1S/C22H21N3O7/c1-3-10-32-18-9-8-15(13-19(18)31-4-2)24-21(27)17(20(26)23-22(24)28)12-14-6-5-7-16(11-14)25(29)30/h5-9,11-13H,3-4,10H2,1-2H3,(H,23,26,28)/b17-12+. The summed E-state index contributed by atoms with van der Waals surface area (Å²) in [5.41, 5.74) is -0.0862. The van der Waals surface area contributed by atoms with Gasteiger partial charge < -0.3 is 9.47 Å². The van der Waals surface area contributed by atoms with E-state index < -0.39 is 22.8 Å². The van der Waals surface area contributed by atoms with Crippen molar-refractivity contribution in [3.63, 3.8) is 0 Å². The molecule has 166 valence electrons. The minimum Gasteiger partial charge on any atom is -0.490 e. The van der Waals surface area contributed by atoms with Crippen LogP contribution in [0.25, 0.3) is 6.08 Å². The molecule has 10 nitrogen and oxygen atoms in total. The van der Waals surface area contributed by atoms with Crippen LogP contribution in [0.2, 0.25) is 0 Å². The smallest absolute Gasteiger partial charge is 0.335 e. The fourth-order valence-electron chi connectivity index (χ4n) is 3.02. The van der Waals surface area contributed by atoms with Crippen LogP contribution in [0.15, 0.2) is 48.0 Å². The third-order valence-corrected chi connectivity index (χ3v) is 4.44. The van der Waals surface area contributed by atoms with Crippen molar-refractivity contribution in [2.75, 3.05) is 18.1 Å². The SMILES string of the molecule is CCCOc1ccc(N2C(=O)NC(=O)/C(=C\c3cccc([N+](=O)[O-])c3)C2=O)cc1OCC. The van der Waals surface area contributed by atoms with Crippen molar-refractivity contribution in [1.82, 2.24) is 5.32 Å². The Bertz CT molecular complexity index is 1110. The number of nitrogens with one attached hydrogen (secondary N) is 1. The molecular formula is C22H21N3O7. The number of hydrogen-bond donors (Lipinski definition) is 1. The van der Waals surface area contributed by atoms with E-state index in [4.69, 9.17) is 9.47 Å². The third-order valence-electron chi connectivity index (χ3n) is 4.44. The minimum atomic E-state index is -0.916. The molecule has 0 saturated carbocycles. The van der Waals surface area contributed by atoms with Crippen LogP contribution in [0.5, 0.6) is 11.5 Å². The zero-order chi connectivity index (χ0) is 23.3. The summed E-state index contributed by atoms with van der Waals surface area (Å²) in [5.74, 6) is -0.948. The average Bonchev–Trinajstić information content (AvgIpc) is 2.76. The van der Waals surface area contributed by atoms with E-state index in [1.54, 1.807) is 13.0 Å². The van der Waals surface area contributed by atoms with Gasteiger partial charge in [-0.25, -0.2) is 9.69 Å². The van der Waals surface area contributed by atoms with Gasteiger partial charge >= 0.3 is 6.03 Å². The number of urea groups is 1. The number of amides is 4. The Labute approximate surface area is 183 Å². The van der Waals surface area contributed by atoms with E-state index in [0.29, 0.717) is 24.7 Å². The Hall–Kier alpha value is -4.21. The monoisotopic (exact) mass is 439 g/mol. The number of nitrogens with zero attached hydrogens (tertiary/aromatic N) is 2. The summed E-state index contributed by atoms with van der Waals surface area (Å²) in [7, 11) is 0. The summed E-state index contributed by atoms with van der Waals surface area (Å²) >= 11 is 0. The first-order valence-electron chi connectivity index (χ1n) is 9.91. The quantitative estimate of drug-likeness (QED) is 0.289. The number of ether oxygens (including phenoxy) is 2. The minimum absolute atomic E-state index is 0.178. The molecule has 1 saturated heterocycles. The highest BCUT2D eigenvalue weighted by Crippen LogP contribution is 2.33. The number of non-ortho nitro benzene ring substituents is 1. The van der Waals surface area contributed by atoms with Crippen LogP contribution in [0, 0.1) is 10.1 Å². The predicted molar refractivity (Wildman–Crippen MR) is 115 cm³/mol. The normalized spacial score (nSPS) is 15.0. The first-order chi connectivity index (χ1) is 15.3. The fraction of sp³-hybridized carbons (Fsp3) is 0.227. The molecule has 1 N–H and O–H groups in total. The molecule has 0 aliphatic carbocycles. The lowest BCUT2D eigenvalue weighted by Gasteiger charge is -2.27. The molecule has 0 aromatic heterocycles. The van der Waals surface area contributed by atoms with Crippen molar-refractivity contribution >= 4 is 35.3 Å². The Balaban J connectivity index is 1.99. The number of benzene rings is 2. The van der Waals surface area contributed by atoms with Gasteiger partial charge in [0, 0.05) is 18.2 Å². The maximum absolute atomic E-state index is 13.1. The lowest BCUT2D eigenvalue weighted by Crippen LogP contribution is -2.54. The fourth-order valence-corrected chi connectivity index (χ4v) is 3.02. The predicted octanol–water partition coefficient (Wildman–Crippen LogP) is 3.45. The van der Waals surface area contributed by atoms with E-state index in [9.17, 15) is 24.5 Å². The van der Waals surface area contributed by atoms with Gasteiger partial charge in [0.15, 0.2) is 11.5 Å². The van der Waals surface area contributed by atoms with Gasteiger partial charge in [0.25, 0.3) is 17.5 Å². The second-order valence-corrected chi connectivity index (χ2v) is 6.72. The maximum Gasteiger partial charge on any atom is 0.335 e. The highest BCUT2D eigenvalue weighted by Gasteiger charge is 2.37. The molecule has 1 aliphatic rings. The van der Waals surface area contributed by atoms with Crippen LogP contribution in [0.1, 0.15) is 25.8 Å². The molecule has 2 aromatic rings. The molecule has 10 heteroatoms. The van der Waals surface area contributed by atoms with E-state index in [2.05, 4.69) is 5.32 Å². The highest BCUT2D eigenvalue weighted by molar-refractivity contribution is 6.39. The Morgan fingerprint density at radius 3 is 2.53 bits per heavy atom. The van der Waals surface area contributed by atoms with E-state index in [1.807, 2.05) is 6.92 Å². The molecule has 0 radical (unpaired) electrons. The molecule has 2 aromatic carbocycles. The van der Waals surface area contributed by atoms with Gasteiger partial charge in [-0.05, 0) is 37.1 Å². The number of imide groups is 2. The number of nitro benzene ring substituents is 1. The number of rotatable bonds is 8. The molecule has 0 bridgehead atoms. The summed E-state index contributed by atoms with van der Waals surface area (Å²) in [6.45, 7) is 4.54. The topological polar surface area (TPSA) is 128 Å². The van der Waals surface area contributed by atoms with Gasteiger partial charge in [0.05, 0.1) is 23.8 Å². The van der Waals surface area contributed by atoms with Crippen molar-refractivity contribution in [3.8, 4) is 11.5 Å². The summed E-state index contributed by atoms with van der Waals surface area (Å²) < 4.78 is 11.2. The van der Waals surface area contributed by atoms with Crippen molar-refractivity contribution in [2.45, 2.75) is 20.3 Å². The Morgan fingerprint density at radius 1 is 1.06 bits per heavy atom. The van der Waals surface area contributed by atoms with E-state index in [1.165, 1.54) is 42.5 Å². The second kappa shape index (κ2) is 9.73. The maximum atomic E-state index is 13.1. The Morgan fingerprint density at radius 2 is 1.84 bits per heavy atom. The number of nitro groups is 1. The second-order valence-electron chi connectivity index (χ2n) is 6.72. The van der Waals surface area contributed by atoms with Crippen molar-refractivity contribution < 1.29 is 28.8 Å². The lowest BCUT2D eigenvalue weighted by molar-refractivity contribution is -0.384. The van der Waals surface area contributed by atoms with E-state index in [0.717, 1.165) is 11.3 Å². The third kappa shape index (κ3) is 4.75. The van der Waals surface area contributed by atoms with Gasteiger partial charge in [-0.1, -0.05) is 19.1 Å². The first kappa shape index (κ1) is 22.5. The van der Waals surface area contributed by atoms with Crippen molar-refractivity contribution in [2.24, 2.45) is 0 Å². The van der Waals surface area contributed by atoms with Crippen LogP contribution in [-0.4, -0.2) is 36.0 Å². The van der Waals surface area contributed by atoms with Crippen LogP contribution in [-0.2, 0) is 9.59 Å². The Kier molecular flexibility index (Phi) is 6.83. The van der Waals surface area contributed by atoms with Crippen LogP contribution in [0.4, 0.5) is 16.2 Å². The van der Waals surface area contributed by atoms with Gasteiger partial charge in [-0.3, -0.25) is 25.0 Å². The average molecular weight is 439 g/mol. The number of carbonyl (C=O) groups is 3. The van der Waals surface area contributed by atoms with Gasteiger partial charge in [0.2, 0.25) is 0 Å². The zero-order valence-corrected chi connectivity index (χ0v) is 17.5. The van der Waals surface area contributed by atoms with E-state index in [-0.39, 0.29) is 22.5 Å². The molecule has 1 fully saturated rings. The van der Waals surface area contributed by atoms with Crippen LogP contribution < -0.4 is 19.7 Å². The zero-order valence-electron chi connectivity index (χ0n) is 17.5. The largest absolute Gasteiger partial charge is 0.490 e. The molecule has 1 aliphatic heterocycles. The molecule has 4 amide bonds. The summed E-state index contributed by atoms with van der Waals surface area (Å²) in [4.78, 5) is 49.1. The molecule has 0 unspecified atom stereocenters. The lowest BCUT2D eigenvalue weighted by atomic mass is 10.1. The van der Waals surface area contributed by atoms with Crippen LogP contribution >= 0.6 is 0 Å². The number of carbonyl (C=O) groups excluding carboxylic acids is 3. The molecule has 0 spiro atoms.